The molecule has 0 spiro atoms. The SMILES string of the molecule is Cc1ccncc1C(=O)NC(C)CN(C)C(=O)c1ccc2cccnc2c1. The summed E-state index contributed by atoms with van der Waals surface area (Å²) in [5.41, 5.74) is 2.76. The number of carbonyl (C=O) groups is 2. The number of likely N-dealkylation sites (N-methyl/N-ethyl adjacent to an activating group) is 1. The number of fused-ring (bicyclic) bond motifs is 1. The molecule has 2 heterocycles. The zero-order chi connectivity index (χ0) is 19.4. The van der Waals surface area contributed by atoms with Crippen LogP contribution in [-0.2, 0) is 0 Å². The van der Waals surface area contributed by atoms with Crippen molar-refractivity contribution in [3.63, 3.8) is 0 Å². The molecule has 2 aromatic heterocycles. The Kier molecular flexibility index (Phi) is 5.45. The lowest BCUT2D eigenvalue weighted by Crippen LogP contribution is -2.42. The molecule has 27 heavy (non-hydrogen) atoms. The van der Waals surface area contributed by atoms with Gasteiger partial charge in [0.2, 0.25) is 0 Å². The van der Waals surface area contributed by atoms with Gasteiger partial charge in [-0.25, -0.2) is 0 Å². The fourth-order valence-corrected chi connectivity index (χ4v) is 2.96. The predicted octanol–water partition coefficient (Wildman–Crippen LogP) is 2.83. The molecular formula is C21H22N4O2. The van der Waals surface area contributed by atoms with Gasteiger partial charge in [0.25, 0.3) is 11.8 Å². The molecule has 1 N–H and O–H groups in total. The van der Waals surface area contributed by atoms with Gasteiger partial charge in [-0.3, -0.25) is 19.6 Å². The van der Waals surface area contributed by atoms with Crippen molar-refractivity contribution < 1.29 is 9.59 Å². The average molecular weight is 362 g/mol. The normalized spacial score (nSPS) is 11.8. The van der Waals surface area contributed by atoms with Crippen LogP contribution in [0, 0.1) is 6.92 Å². The van der Waals surface area contributed by atoms with E-state index in [1.54, 1.807) is 48.7 Å². The number of hydrogen-bond donors (Lipinski definition) is 1. The summed E-state index contributed by atoms with van der Waals surface area (Å²) < 4.78 is 0. The number of rotatable bonds is 5. The minimum atomic E-state index is -0.204. The highest BCUT2D eigenvalue weighted by molar-refractivity contribution is 5.98. The van der Waals surface area contributed by atoms with Crippen LogP contribution in [0.3, 0.4) is 0 Å². The molecule has 0 aliphatic rings. The Morgan fingerprint density at radius 2 is 2.00 bits per heavy atom. The number of pyridine rings is 2. The lowest BCUT2D eigenvalue weighted by atomic mass is 10.1. The first-order chi connectivity index (χ1) is 13.0. The Hall–Kier alpha value is -3.28. The van der Waals surface area contributed by atoms with Gasteiger partial charge in [-0.15, -0.1) is 0 Å². The number of aryl methyl sites for hydroxylation is 1. The molecule has 1 atom stereocenters. The number of aromatic nitrogens is 2. The molecule has 6 nitrogen and oxygen atoms in total. The highest BCUT2D eigenvalue weighted by Gasteiger charge is 2.17. The monoisotopic (exact) mass is 362 g/mol. The van der Waals surface area contributed by atoms with Crippen molar-refractivity contribution in [2.24, 2.45) is 0 Å². The molecule has 0 radical (unpaired) electrons. The third-order valence-electron chi connectivity index (χ3n) is 4.41. The van der Waals surface area contributed by atoms with E-state index in [0.29, 0.717) is 17.7 Å². The van der Waals surface area contributed by atoms with Gasteiger partial charge < -0.3 is 10.2 Å². The number of carbonyl (C=O) groups excluding carboxylic acids is 2. The molecule has 6 heteroatoms. The summed E-state index contributed by atoms with van der Waals surface area (Å²) in [6.45, 7) is 4.13. The molecule has 0 aliphatic heterocycles. The third kappa shape index (κ3) is 4.28. The zero-order valence-corrected chi connectivity index (χ0v) is 15.6. The van der Waals surface area contributed by atoms with E-state index >= 15 is 0 Å². The first-order valence-electron chi connectivity index (χ1n) is 8.77. The van der Waals surface area contributed by atoms with E-state index in [1.165, 1.54) is 0 Å². The van der Waals surface area contributed by atoms with Crippen molar-refractivity contribution in [2.75, 3.05) is 13.6 Å². The van der Waals surface area contributed by atoms with Crippen LogP contribution in [0.5, 0.6) is 0 Å². The minimum Gasteiger partial charge on any atom is -0.348 e. The molecule has 0 bridgehead atoms. The summed E-state index contributed by atoms with van der Waals surface area (Å²) in [6, 6.07) is 10.9. The van der Waals surface area contributed by atoms with Gasteiger partial charge >= 0.3 is 0 Å². The zero-order valence-electron chi connectivity index (χ0n) is 15.6. The number of nitrogens with zero attached hydrogens (tertiary/aromatic N) is 3. The summed E-state index contributed by atoms with van der Waals surface area (Å²) in [6.07, 6.45) is 4.91. The molecule has 3 rings (SSSR count). The molecule has 2 amide bonds. The van der Waals surface area contributed by atoms with Crippen molar-refractivity contribution in [1.82, 2.24) is 20.2 Å². The van der Waals surface area contributed by atoms with Gasteiger partial charge in [-0.1, -0.05) is 12.1 Å². The smallest absolute Gasteiger partial charge is 0.253 e. The Morgan fingerprint density at radius 3 is 2.78 bits per heavy atom. The lowest BCUT2D eigenvalue weighted by Gasteiger charge is -2.23. The van der Waals surface area contributed by atoms with Crippen LogP contribution >= 0.6 is 0 Å². The van der Waals surface area contributed by atoms with Crippen LogP contribution in [-0.4, -0.2) is 46.3 Å². The van der Waals surface area contributed by atoms with Crippen molar-refractivity contribution in [3.05, 3.63) is 71.7 Å². The summed E-state index contributed by atoms with van der Waals surface area (Å²) in [5, 5.41) is 3.91. The van der Waals surface area contributed by atoms with Crippen LogP contribution in [0.2, 0.25) is 0 Å². The highest BCUT2D eigenvalue weighted by atomic mass is 16.2. The standard InChI is InChI=1S/C21H22N4O2/c1-14-8-10-22-12-18(14)20(26)24-15(2)13-25(3)21(27)17-7-6-16-5-4-9-23-19(16)11-17/h4-12,15H,13H2,1-3H3,(H,24,26). The second-order valence-electron chi connectivity index (χ2n) is 6.66. The first kappa shape index (κ1) is 18.5. The number of nitrogens with one attached hydrogen (secondary N) is 1. The van der Waals surface area contributed by atoms with Crippen LogP contribution in [0.1, 0.15) is 33.2 Å². The summed E-state index contributed by atoms with van der Waals surface area (Å²) >= 11 is 0. The second kappa shape index (κ2) is 7.95. The van der Waals surface area contributed by atoms with Crippen LogP contribution in [0.4, 0.5) is 0 Å². The van der Waals surface area contributed by atoms with E-state index in [4.69, 9.17) is 0 Å². The minimum absolute atomic E-state index is 0.110. The van der Waals surface area contributed by atoms with Gasteiger partial charge in [0.1, 0.15) is 0 Å². The Bertz CT molecular complexity index is 987. The van der Waals surface area contributed by atoms with Gasteiger partial charge in [-0.2, -0.15) is 0 Å². The topological polar surface area (TPSA) is 75.2 Å². The molecule has 3 aromatic rings. The maximum atomic E-state index is 12.7. The number of benzene rings is 1. The van der Waals surface area contributed by atoms with Crippen LogP contribution in [0.15, 0.2) is 55.0 Å². The highest BCUT2D eigenvalue weighted by Crippen LogP contribution is 2.14. The fourth-order valence-electron chi connectivity index (χ4n) is 2.96. The molecular weight excluding hydrogens is 340 g/mol. The van der Waals surface area contributed by atoms with Gasteiger partial charge in [-0.05, 0) is 43.7 Å². The molecule has 1 aromatic carbocycles. The molecule has 0 saturated heterocycles. The van der Waals surface area contributed by atoms with Crippen molar-refractivity contribution >= 4 is 22.7 Å². The molecule has 138 valence electrons. The van der Waals surface area contributed by atoms with E-state index in [1.807, 2.05) is 32.0 Å². The molecule has 0 fully saturated rings. The van der Waals surface area contributed by atoms with Crippen LogP contribution in [0.25, 0.3) is 10.9 Å². The number of hydrogen-bond acceptors (Lipinski definition) is 4. The first-order valence-corrected chi connectivity index (χ1v) is 8.77. The number of amides is 2. The van der Waals surface area contributed by atoms with Crippen molar-refractivity contribution in [3.8, 4) is 0 Å². The molecule has 0 aliphatic carbocycles. The van der Waals surface area contributed by atoms with E-state index < -0.39 is 0 Å². The Morgan fingerprint density at radius 1 is 1.19 bits per heavy atom. The van der Waals surface area contributed by atoms with Crippen molar-refractivity contribution in [2.45, 2.75) is 19.9 Å². The summed E-state index contributed by atoms with van der Waals surface area (Å²) in [7, 11) is 1.73. The van der Waals surface area contributed by atoms with E-state index in [2.05, 4.69) is 15.3 Å². The maximum absolute atomic E-state index is 12.7. The average Bonchev–Trinajstić information content (AvgIpc) is 2.67. The van der Waals surface area contributed by atoms with Crippen molar-refractivity contribution in [1.29, 1.82) is 0 Å². The predicted molar refractivity (Wildman–Crippen MR) is 105 cm³/mol. The second-order valence-corrected chi connectivity index (χ2v) is 6.66. The third-order valence-corrected chi connectivity index (χ3v) is 4.41. The van der Waals surface area contributed by atoms with E-state index in [0.717, 1.165) is 16.5 Å². The fraction of sp³-hybridized carbons (Fsp3) is 0.238. The van der Waals surface area contributed by atoms with Crippen LogP contribution < -0.4 is 5.32 Å². The Labute approximate surface area is 158 Å². The van der Waals surface area contributed by atoms with Gasteiger partial charge in [0, 0.05) is 49.2 Å². The summed E-state index contributed by atoms with van der Waals surface area (Å²) in [4.78, 5) is 35.0. The van der Waals surface area contributed by atoms with E-state index in [-0.39, 0.29) is 17.9 Å². The van der Waals surface area contributed by atoms with Gasteiger partial charge in [0.15, 0.2) is 0 Å². The Balaban J connectivity index is 1.64. The summed E-state index contributed by atoms with van der Waals surface area (Å²) in [5.74, 6) is -0.301. The van der Waals surface area contributed by atoms with E-state index in [9.17, 15) is 9.59 Å². The maximum Gasteiger partial charge on any atom is 0.253 e. The lowest BCUT2D eigenvalue weighted by molar-refractivity contribution is 0.0769. The molecule has 0 saturated carbocycles. The molecule has 1 unspecified atom stereocenters. The largest absolute Gasteiger partial charge is 0.348 e. The van der Waals surface area contributed by atoms with Gasteiger partial charge in [0.05, 0.1) is 11.1 Å². The quantitative estimate of drug-likeness (QED) is 0.757.